The number of aliphatic carboxylic acids is 1. The van der Waals surface area contributed by atoms with E-state index in [9.17, 15) is 14.4 Å². The lowest BCUT2D eigenvalue weighted by Gasteiger charge is -2.33. The van der Waals surface area contributed by atoms with Crippen molar-refractivity contribution in [1.82, 2.24) is 9.80 Å². The highest BCUT2D eigenvalue weighted by atomic mass is 16.5. The smallest absolute Gasteiger partial charge is 0.323 e. The van der Waals surface area contributed by atoms with Crippen molar-refractivity contribution in [3.8, 4) is 0 Å². The Balaban J connectivity index is 2.24. The van der Waals surface area contributed by atoms with Crippen molar-refractivity contribution in [3.63, 3.8) is 0 Å². The zero-order chi connectivity index (χ0) is 18.4. The normalized spacial score (nSPS) is 15.6. The Kier molecular flexibility index (Phi) is 6.30. The van der Waals surface area contributed by atoms with E-state index >= 15 is 0 Å². The van der Waals surface area contributed by atoms with Crippen LogP contribution in [0.3, 0.4) is 0 Å². The zero-order valence-corrected chi connectivity index (χ0v) is 14.3. The van der Waals surface area contributed by atoms with Crippen LogP contribution in [0, 0.1) is 0 Å². The summed E-state index contributed by atoms with van der Waals surface area (Å²) in [6.45, 7) is 1.48. The number of carbonyl (C=O) groups is 3. The first-order valence-corrected chi connectivity index (χ1v) is 7.98. The maximum Gasteiger partial charge on any atom is 0.323 e. The summed E-state index contributed by atoms with van der Waals surface area (Å²) in [4.78, 5) is 38.4. The molecule has 0 saturated heterocycles. The molecule has 25 heavy (non-hydrogen) atoms. The summed E-state index contributed by atoms with van der Waals surface area (Å²) in [5.41, 5.74) is 1.81. The van der Waals surface area contributed by atoms with Crippen LogP contribution < -0.4 is 0 Å². The number of carboxylic acid groups (broad SMARTS) is 1. The van der Waals surface area contributed by atoms with Gasteiger partial charge < -0.3 is 19.6 Å². The summed E-state index contributed by atoms with van der Waals surface area (Å²) in [5, 5.41) is 9.03. The summed E-state index contributed by atoms with van der Waals surface area (Å²) in [5.74, 6) is -1.59. The van der Waals surface area contributed by atoms with E-state index in [1.54, 1.807) is 6.20 Å². The molecule has 0 saturated carbocycles. The Hall–Kier alpha value is -2.67. The fourth-order valence-electron chi connectivity index (χ4n) is 2.86. The van der Waals surface area contributed by atoms with Crippen LogP contribution in [0.15, 0.2) is 30.5 Å². The first kappa shape index (κ1) is 18.7. The summed E-state index contributed by atoms with van der Waals surface area (Å²) in [7, 11) is 1.49. The third-order valence-electron chi connectivity index (χ3n) is 4.08. The first-order chi connectivity index (χ1) is 11.9. The van der Waals surface area contributed by atoms with E-state index in [2.05, 4.69) is 0 Å². The van der Waals surface area contributed by atoms with Gasteiger partial charge in [-0.3, -0.25) is 14.4 Å². The van der Waals surface area contributed by atoms with Gasteiger partial charge in [0.25, 0.3) is 0 Å². The Morgan fingerprint density at radius 1 is 1.28 bits per heavy atom. The van der Waals surface area contributed by atoms with Crippen LogP contribution >= 0.6 is 0 Å². The molecule has 0 spiro atoms. The van der Waals surface area contributed by atoms with Crippen LogP contribution in [0.5, 0.6) is 0 Å². The molecule has 7 heteroatoms. The van der Waals surface area contributed by atoms with Crippen molar-refractivity contribution in [3.05, 3.63) is 41.6 Å². The number of hydrogen-bond acceptors (Lipinski definition) is 4. The molecular formula is C18H22N2O5. The van der Waals surface area contributed by atoms with Crippen molar-refractivity contribution in [2.75, 3.05) is 26.8 Å². The number of carboxylic acids is 1. The minimum atomic E-state index is -1.09. The molecule has 0 aromatic heterocycles. The number of fused-ring (bicyclic) bond motifs is 1. The number of hydrogen-bond donors (Lipinski definition) is 1. The molecule has 1 aliphatic heterocycles. The Bertz CT molecular complexity index is 686. The second-order valence-corrected chi connectivity index (χ2v) is 5.79. The van der Waals surface area contributed by atoms with Crippen LogP contribution in [0.25, 0.3) is 6.08 Å². The van der Waals surface area contributed by atoms with Gasteiger partial charge in [-0.2, -0.15) is 0 Å². The number of rotatable bonds is 7. The van der Waals surface area contributed by atoms with E-state index in [1.165, 1.54) is 23.8 Å². The fourth-order valence-corrected chi connectivity index (χ4v) is 2.86. The monoisotopic (exact) mass is 346 g/mol. The van der Waals surface area contributed by atoms with Gasteiger partial charge in [0, 0.05) is 26.8 Å². The van der Waals surface area contributed by atoms with Crippen LogP contribution in [0.1, 0.15) is 30.5 Å². The molecule has 1 unspecified atom stereocenters. The third-order valence-corrected chi connectivity index (χ3v) is 4.08. The number of ether oxygens (including phenoxy) is 1. The molecule has 0 radical (unpaired) electrons. The summed E-state index contributed by atoms with van der Waals surface area (Å²) in [6, 6.07) is 7.09. The lowest BCUT2D eigenvalue weighted by atomic mass is 9.93. The van der Waals surface area contributed by atoms with Crippen molar-refractivity contribution in [2.45, 2.75) is 19.4 Å². The molecule has 7 nitrogen and oxygen atoms in total. The van der Waals surface area contributed by atoms with Gasteiger partial charge in [0.2, 0.25) is 11.8 Å². The van der Waals surface area contributed by atoms with E-state index in [0.717, 1.165) is 11.1 Å². The largest absolute Gasteiger partial charge is 0.480 e. The number of amides is 2. The van der Waals surface area contributed by atoms with Gasteiger partial charge in [0.1, 0.15) is 6.54 Å². The Morgan fingerprint density at radius 3 is 2.64 bits per heavy atom. The highest BCUT2D eigenvalue weighted by Crippen LogP contribution is 2.33. The van der Waals surface area contributed by atoms with Gasteiger partial charge in [-0.1, -0.05) is 24.3 Å². The van der Waals surface area contributed by atoms with Crippen molar-refractivity contribution < 1.29 is 24.2 Å². The lowest BCUT2D eigenvalue weighted by Crippen LogP contribution is -2.41. The van der Waals surface area contributed by atoms with Gasteiger partial charge in [0.05, 0.1) is 19.1 Å². The second-order valence-electron chi connectivity index (χ2n) is 5.79. The molecule has 0 fully saturated rings. The molecular weight excluding hydrogens is 324 g/mol. The fraction of sp³-hybridized carbons (Fsp3) is 0.389. The maximum absolute atomic E-state index is 12.7. The molecule has 0 bridgehead atoms. The topological polar surface area (TPSA) is 87.2 Å². The van der Waals surface area contributed by atoms with Gasteiger partial charge in [0.15, 0.2) is 0 Å². The minimum Gasteiger partial charge on any atom is -0.480 e. The van der Waals surface area contributed by atoms with Crippen molar-refractivity contribution in [2.24, 2.45) is 0 Å². The van der Waals surface area contributed by atoms with E-state index in [-0.39, 0.29) is 31.4 Å². The molecule has 1 aromatic rings. The zero-order valence-electron chi connectivity index (χ0n) is 14.3. The highest BCUT2D eigenvalue weighted by molar-refractivity contribution is 5.84. The Morgan fingerprint density at radius 2 is 2.00 bits per heavy atom. The van der Waals surface area contributed by atoms with Gasteiger partial charge in [-0.05, 0) is 17.2 Å². The number of nitrogens with zero attached hydrogens (tertiary/aromatic N) is 2. The molecule has 1 atom stereocenters. The molecule has 0 aliphatic carbocycles. The maximum atomic E-state index is 12.7. The van der Waals surface area contributed by atoms with Crippen LogP contribution in [-0.4, -0.2) is 59.5 Å². The van der Waals surface area contributed by atoms with Crippen molar-refractivity contribution >= 4 is 23.9 Å². The summed E-state index contributed by atoms with van der Waals surface area (Å²) in [6.07, 6.45) is 3.51. The predicted octanol–water partition coefficient (Wildman–Crippen LogP) is 1.51. The van der Waals surface area contributed by atoms with Crippen LogP contribution in [0.4, 0.5) is 0 Å². The quantitative estimate of drug-likeness (QED) is 0.809. The van der Waals surface area contributed by atoms with E-state index in [4.69, 9.17) is 9.84 Å². The van der Waals surface area contributed by atoms with Crippen LogP contribution in [0.2, 0.25) is 0 Å². The molecule has 134 valence electrons. The molecule has 1 aliphatic rings. The van der Waals surface area contributed by atoms with E-state index in [1.807, 2.05) is 30.3 Å². The Labute approximate surface area is 146 Å². The molecule has 2 amide bonds. The van der Waals surface area contributed by atoms with Crippen molar-refractivity contribution in [1.29, 1.82) is 0 Å². The standard InChI is InChI=1S/C18H22N2O5/c1-13(21)20-8-7-14-5-3-4-6-15(14)16(20)11-17(22)19(9-10-25-2)12-18(23)24/h3-8,16H,9-12H2,1-2H3,(H,23,24). The number of carbonyl (C=O) groups excluding carboxylic acids is 2. The summed E-state index contributed by atoms with van der Waals surface area (Å²) < 4.78 is 4.95. The SMILES string of the molecule is COCCN(CC(=O)O)C(=O)CC1c2ccccc2C=CN1C(C)=O. The minimum absolute atomic E-state index is 0.0118. The van der Waals surface area contributed by atoms with Gasteiger partial charge in [-0.15, -0.1) is 0 Å². The van der Waals surface area contributed by atoms with Gasteiger partial charge in [-0.25, -0.2) is 0 Å². The third kappa shape index (κ3) is 4.67. The predicted molar refractivity (Wildman–Crippen MR) is 91.4 cm³/mol. The molecule has 1 heterocycles. The average molecular weight is 346 g/mol. The lowest BCUT2D eigenvalue weighted by molar-refractivity contribution is -0.145. The molecule has 2 rings (SSSR count). The first-order valence-electron chi connectivity index (χ1n) is 7.98. The van der Waals surface area contributed by atoms with E-state index in [0.29, 0.717) is 0 Å². The molecule has 1 aromatic carbocycles. The highest BCUT2D eigenvalue weighted by Gasteiger charge is 2.30. The van der Waals surface area contributed by atoms with E-state index < -0.39 is 18.6 Å². The second kappa shape index (κ2) is 8.43. The summed E-state index contributed by atoms with van der Waals surface area (Å²) >= 11 is 0. The average Bonchev–Trinajstić information content (AvgIpc) is 2.58. The molecule has 1 N–H and O–H groups in total. The van der Waals surface area contributed by atoms with Crippen LogP contribution in [-0.2, 0) is 19.1 Å². The number of benzene rings is 1. The number of methoxy groups -OCH3 is 1. The van der Waals surface area contributed by atoms with Gasteiger partial charge >= 0.3 is 5.97 Å².